The Balaban J connectivity index is 0.000000343. The number of hydrogen-bond donors (Lipinski definition) is 2. The van der Waals surface area contributed by atoms with E-state index in [2.05, 4.69) is 22.5 Å². The van der Waals surface area contributed by atoms with Crippen molar-refractivity contribution < 1.29 is 55.6 Å². The standard InChI is InChI=1S/C16H22N2O2.2C2HF3O2/c1-2-10-19-15-7-6-14-16(15)20-11-9-18(14)12-13-5-3-4-8-17-13;2*3-2(4,5)1(6)7/h2-5,8,14-16H,1,6-7,9-12H2;2*(H,6,7)/t14-,15-,16+;;/m0../s1. The van der Waals surface area contributed by atoms with E-state index in [1.807, 2.05) is 24.4 Å². The zero-order chi connectivity index (χ0) is 25.9. The normalized spacial score (nSPS) is 22.4. The molecule has 2 N–H and O–H groups in total. The number of nitrogens with zero attached hydrogens (tertiary/aromatic N) is 2. The molecule has 2 aliphatic rings. The average Bonchev–Trinajstić information content (AvgIpc) is 3.16. The van der Waals surface area contributed by atoms with Crippen molar-refractivity contribution in [1.29, 1.82) is 0 Å². The molecule has 1 saturated carbocycles. The van der Waals surface area contributed by atoms with Crippen molar-refractivity contribution in [2.45, 2.75) is 50.0 Å². The molecule has 0 unspecified atom stereocenters. The lowest BCUT2D eigenvalue weighted by molar-refractivity contribution is -0.193. The number of alkyl halides is 6. The SMILES string of the molecule is C=CCO[C@H]1CC[C@H]2[C@H]1OCCN2Cc1ccccn1.O=C(O)C(F)(F)F.O=C(O)C(F)(F)F. The molecule has 1 saturated heterocycles. The van der Waals surface area contributed by atoms with Gasteiger partial charge in [0, 0.05) is 25.3 Å². The quantitative estimate of drug-likeness (QED) is 0.467. The molecule has 0 spiro atoms. The summed E-state index contributed by atoms with van der Waals surface area (Å²) in [6, 6.07) is 6.55. The van der Waals surface area contributed by atoms with E-state index in [0.29, 0.717) is 12.6 Å². The first-order chi connectivity index (χ1) is 15.8. The number of ether oxygens (including phenoxy) is 2. The highest BCUT2D eigenvalue weighted by molar-refractivity contribution is 5.73. The minimum absolute atomic E-state index is 0.201. The topological polar surface area (TPSA) is 109 Å². The Morgan fingerprint density at radius 3 is 2.21 bits per heavy atom. The van der Waals surface area contributed by atoms with Crippen LogP contribution in [0.15, 0.2) is 37.1 Å². The van der Waals surface area contributed by atoms with E-state index in [-0.39, 0.29) is 12.2 Å². The molecular formula is C20H24F6N2O6. The first-order valence-electron chi connectivity index (χ1n) is 9.85. The van der Waals surface area contributed by atoms with Gasteiger partial charge in [0.15, 0.2) is 0 Å². The van der Waals surface area contributed by atoms with E-state index in [1.165, 1.54) is 0 Å². The monoisotopic (exact) mass is 502 g/mol. The Hall–Kier alpha value is -2.71. The summed E-state index contributed by atoms with van der Waals surface area (Å²) in [7, 11) is 0. The number of carbonyl (C=O) groups is 2. The summed E-state index contributed by atoms with van der Waals surface area (Å²) < 4.78 is 75.3. The number of carboxylic acid groups (broad SMARTS) is 2. The summed E-state index contributed by atoms with van der Waals surface area (Å²) >= 11 is 0. The van der Waals surface area contributed by atoms with Gasteiger partial charge < -0.3 is 19.7 Å². The number of hydrogen-bond acceptors (Lipinski definition) is 6. The number of aromatic nitrogens is 1. The van der Waals surface area contributed by atoms with Crippen molar-refractivity contribution in [2.75, 3.05) is 19.8 Å². The third-order valence-corrected chi connectivity index (χ3v) is 4.65. The van der Waals surface area contributed by atoms with Crippen LogP contribution in [0.25, 0.3) is 0 Å². The minimum atomic E-state index is -5.08. The van der Waals surface area contributed by atoms with Gasteiger partial charge in [-0.15, -0.1) is 6.58 Å². The third kappa shape index (κ3) is 10.1. The molecule has 8 nitrogen and oxygen atoms in total. The summed E-state index contributed by atoms with van der Waals surface area (Å²) in [4.78, 5) is 24.7. The average molecular weight is 502 g/mol. The third-order valence-electron chi connectivity index (χ3n) is 4.65. The Morgan fingerprint density at radius 2 is 1.74 bits per heavy atom. The van der Waals surface area contributed by atoms with E-state index in [4.69, 9.17) is 29.3 Å². The van der Waals surface area contributed by atoms with Gasteiger partial charge in [-0.3, -0.25) is 9.88 Å². The van der Waals surface area contributed by atoms with Gasteiger partial charge in [0.2, 0.25) is 0 Å². The molecule has 2 heterocycles. The smallest absolute Gasteiger partial charge is 0.475 e. The van der Waals surface area contributed by atoms with E-state index in [1.54, 1.807) is 0 Å². The molecule has 3 rings (SSSR count). The zero-order valence-corrected chi connectivity index (χ0v) is 17.8. The van der Waals surface area contributed by atoms with Crippen LogP contribution in [0.2, 0.25) is 0 Å². The summed E-state index contributed by atoms with van der Waals surface area (Å²) in [6.45, 7) is 6.98. The number of aliphatic carboxylic acids is 2. The highest BCUT2D eigenvalue weighted by atomic mass is 19.4. The van der Waals surface area contributed by atoms with Crippen LogP contribution in [0.4, 0.5) is 26.3 Å². The van der Waals surface area contributed by atoms with Crippen LogP contribution in [0, 0.1) is 0 Å². The molecule has 1 aromatic rings. The Morgan fingerprint density at radius 1 is 1.15 bits per heavy atom. The molecule has 0 bridgehead atoms. The van der Waals surface area contributed by atoms with Gasteiger partial charge in [-0.25, -0.2) is 9.59 Å². The predicted octanol–water partition coefficient (Wildman–Crippen LogP) is 3.28. The van der Waals surface area contributed by atoms with Crippen molar-refractivity contribution >= 4 is 11.9 Å². The first kappa shape index (κ1) is 29.3. The van der Waals surface area contributed by atoms with Crippen LogP contribution in [0.5, 0.6) is 0 Å². The fourth-order valence-electron chi connectivity index (χ4n) is 3.26. The van der Waals surface area contributed by atoms with Gasteiger partial charge in [-0.2, -0.15) is 26.3 Å². The number of morpholine rings is 1. The molecule has 0 amide bonds. The van der Waals surface area contributed by atoms with Crippen molar-refractivity contribution in [2.24, 2.45) is 0 Å². The molecular weight excluding hydrogens is 478 g/mol. The van der Waals surface area contributed by atoms with E-state index in [0.717, 1.165) is 38.2 Å². The van der Waals surface area contributed by atoms with Crippen molar-refractivity contribution in [3.8, 4) is 0 Å². The Bertz CT molecular complexity index is 766. The second-order valence-corrected chi connectivity index (χ2v) is 7.04. The lowest BCUT2D eigenvalue weighted by Crippen LogP contribution is -2.51. The Labute approximate surface area is 190 Å². The fourth-order valence-corrected chi connectivity index (χ4v) is 3.26. The largest absolute Gasteiger partial charge is 0.490 e. The lowest BCUT2D eigenvalue weighted by Gasteiger charge is -2.38. The van der Waals surface area contributed by atoms with Crippen LogP contribution >= 0.6 is 0 Å². The van der Waals surface area contributed by atoms with Gasteiger partial charge in [-0.1, -0.05) is 12.1 Å². The van der Waals surface area contributed by atoms with Crippen LogP contribution in [0.3, 0.4) is 0 Å². The number of pyridine rings is 1. The minimum Gasteiger partial charge on any atom is -0.475 e. The summed E-state index contributed by atoms with van der Waals surface area (Å²) in [5, 5.41) is 14.2. The molecule has 1 aromatic heterocycles. The van der Waals surface area contributed by atoms with Crippen molar-refractivity contribution in [3.63, 3.8) is 0 Å². The van der Waals surface area contributed by atoms with Gasteiger partial charge in [0.25, 0.3) is 0 Å². The van der Waals surface area contributed by atoms with Gasteiger partial charge in [0.05, 0.1) is 31.1 Å². The molecule has 14 heteroatoms. The van der Waals surface area contributed by atoms with E-state index >= 15 is 0 Å². The summed E-state index contributed by atoms with van der Waals surface area (Å²) in [5.74, 6) is -5.51. The van der Waals surface area contributed by atoms with Crippen LogP contribution in [-0.2, 0) is 25.6 Å². The van der Waals surface area contributed by atoms with E-state index in [9.17, 15) is 26.3 Å². The van der Waals surface area contributed by atoms with E-state index < -0.39 is 24.3 Å². The highest BCUT2D eigenvalue weighted by Gasteiger charge is 2.43. The fraction of sp³-hybridized carbons (Fsp3) is 0.550. The molecule has 1 aliphatic heterocycles. The molecule has 0 aromatic carbocycles. The second-order valence-electron chi connectivity index (χ2n) is 7.04. The van der Waals surface area contributed by atoms with Gasteiger partial charge in [0.1, 0.15) is 0 Å². The highest BCUT2D eigenvalue weighted by Crippen LogP contribution is 2.32. The predicted molar refractivity (Wildman–Crippen MR) is 105 cm³/mol. The molecule has 0 radical (unpaired) electrons. The molecule has 192 valence electrons. The molecule has 34 heavy (non-hydrogen) atoms. The number of halogens is 6. The van der Waals surface area contributed by atoms with Crippen molar-refractivity contribution in [1.82, 2.24) is 9.88 Å². The van der Waals surface area contributed by atoms with Gasteiger partial charge in [-0.05, 0) is 25.0 Å². The van der Waals surface area contributed by atoms with Crippen molar-refractivity contribution in [3.05, 3.63) is 42.7 Å². The summed E-state index contributed by atoms with van der Waals surface area (Å²) in [6.07, 6.45) is -3.88. The molecule has 2 fully saturated rings. The van der Waals surface area contributed by atoms with Crippen LogP contribution < -0.4 is 0 Å². The van der Waals surface area contributed by atoms with Crippen LogP contribution in [-0.4, -0.2) is 82.4 Å². The summed E-state index contributed by atoms with van der Waals surface area (Å²) in [5.41, 5.74) is 1.13. The molecule has 1 aliphatic carbocycles. The second kappa shape index (κ2) is 13.2. The maximum Gasteiger partial charge on any atom is 0.490 e. The number of fused-ring (bicyclic) bond motifs is 1. The van der Waals surface area contributed by atoms with Gasteiger partial charge >= 0.3 is 24.3 Å². The maximum absolute atomic E-state index is 10.6. The number of rotatable bonds is 5. The molecule has 3 atom stereocenters. The zero-order valence-electron chi connectivity index (χ0n) is 17.8. The number of carboxylic acids is 2. The lowest BCUT2D eigenvalue weighted by atomic mass is 10.1. The maximum atomic E-state index is 10.6. The van der Waals surface area contributed by atoms with Crippen LogP contribution in [0.1, 0.15) is 18.5 Å². The Kier molecular flexibility index (Phi) is 11.4. The first-order valence-corrected chi connectivity index (χ1v) is 9.85.